The Hall–Kier alpha value is -0.870. The van der Waals surface area contributed by atoms with Crippen LogP contribution in [0.2, 0.25) is 0 Å². The van der Waals surface area contributed by atoms with Crippen LogP contribution in [0.5, 0.6) is 0 Å². The molecule has 2 unspecified atom stereocenters. The summed E-state index contributed by atoms with van der Waals surface area (Å²) in [6.07, 6.45) is 8.59. The number of ether oxygens (including phenoxy) is 3. The minimum atomic E-state index is -0.508. The highest BCUT2D eigenvalue weighted by Gasteiger charge is 2.53. The molecule has 22 heavy (non-hydrogen) atoms. The molecule has 4 nitrogen and oxygen atoms in total. The fourth-order valence-corrected chi connectivity index (χ4v) is 3.53. The zero-order valence-corrected chi connectivity index (χ0v) is 14.4. The number of methoxy groups -OCH3 is 1. The van der Waals surface area contributed by atoms with Crippen LogP contribution in [0, 0.1) is 17.3 Å². The smallest absolute Gasteiger partial charge is 0.305 e. The molecule has 1 spiro atoms. The van der Waals surface area contributed by atoms with E-state index in [1.165, 1.54) is 7.11 Å². The summed E-state index contributed by atoms with van der Waals surface area (Å²) >= 11 is 0. The van der Waals surface area contributed by atoms with Crippen molar-refractivity contribution in [2.24, 2.45) is 17.3 Å². The lowest BCUT2D eigenvalue weighted by Crippen LogP contribution is -2.50. The van der Waals surface area contributed by atoms with Crippen LogP contribution < -0.4 is 0 Å². The van der Waals surface area contributed by atoms with Crippen molar-refractivity contribution in [2.45, 2.75) is 58.7 Å². The second-order valence-electron chi connectivity index (χ2n) is 7.35. The predicted octanol–water partition coefficient (Wildman–Crippen LogP) is 3.70. The highest BCUT2D eigenvalue weighted by atomic mass is 16.7. The van der Waals surface area contributed by atoms with Crippen molar-refractivity contribution in [1.82, 2.24) is 0 Å². The molecular weight excluding hydrogens is 280 g/mol. The van der Waals surface area contributed by atoms with Gasteiger partial charge in [-0.3, -0.25) is 4.79 Å². The van der Waals surface area contributed by atoms with E-state index in [4.69, 9.17) is 14.2 Å². The lowest BCUT2D eigenvalue weighted by atomic mass is 9.85. The maximum absolute atomic E-state index is 11.7. The van der Waals surface area contributed by atoms with Gasteiger partial charge in [0, 0.05) is 24.2 Å². The van der Waals surface area contributed by atoms with Gasteiger partial charge in [-0.1, -0.05) is 32.9 Å². The molecule has 0 aromatic rings. The normalized spacial score (nSPS) is 30.0. The average molecular weight is 310 g/mol. The Morgan fingerprint density at radius 3 is 2.55 bits per heavy atom. The molecule has 2 atom stereocenters. The molecule has 2 rings (SSSR count). The van der Waals surface area contributed by atoms with E-state index >= 15 is 0 Å². The van der Waals surface area contributed by atoms with Gasteiger partial charge in [-0.15, -0.1) is 0 Å². The van der Waals surface area contributed by atoms with Gasteiger partial charge in [0.2, 0.25) is 0 Å². The molecule has 1 saturated carbocycles. The minimum absolute atomic E-state index is 0.0650. The third kappa shape index (κ3) is 3.90. The number of carbonyl (C=O) groups excluding carboxylic acids is 1. The minimum Gasteiger partial charge on any atom is -0.469 e. The lowest BCUT2D eigenvalue weighted by Gasteiger charge is -2.45. The Morgan fingerprint density at radius 2 is 1.95 bits per heavy atom. The maximum atomic E-state index is 11.7. The molecule has 1 heterocycles. The Kier molecular flexibility index (Phi) is 5.67. The molecule has 2 aliphatic rings. The number of esters is 1. The van der Waals surface area contributed by atoms with Crippen LogP contribution >= 0.6 is 0 Å². The SMILES string of the molecule is CCC=CCC1C(CC(=O)OC)CCC12OCC(C)(C)CO2. The summed E-state index contributed by atoms with van der Waals surface area (Å²) in [7, 11) is 1.45. The molecule has 2 fully saturated rings. The monoisotopic (exact) mass is 310 g/mol. The second-order valence-corrected chi connectivity index (χ2v) is 7.35. The molecule has 0 aromatic heterocycles. The van der Waals surface area contributed by atoms with E-state index in [2.05, 4.69) is 32.9 Å². The van der Waals surface area contributed by atoms with Crippen molar-refractivity contribution in [3.05, 3.63) is 12.2 Å². The van der Waals surface area contributed by atoms with Gasteiger partial charge in [0.15, 0.2) is 5.79 Å². The van der Waals surface area contributed by atoms with Gasteiger partial charge < -0.3 is 14.2 Å². The predicted molar refractivity (Wildman–Crippen MR) is 85.3 cm³/mol. The fraction of sp³-hybridized carbons (Fsp3) is 0.833. The number of hydrogen-bond acceptors (Lipinski definition) is 4. The zero-order chi connectivity index (χ0) is 16.2. The van der Waals surface area contributed by atoms with Crippen LogP contribution in [0.15, 0.2) is 12.2 Å². The first-order valence-electron chi connectivity index (χ1n) is 8.42. The Labute approximate surface area is 134 Å². The van der Waals surface area contributed by atoms with E-state index < -0.39 is 5.79 Å². The van der Waals surface area contributed by atoms with Gasteiger partial charge in [0.05, 0.1) is 20.3 Å². The molecular formula is C18H30O4. The third-order valence-corrected chi connectivity index (χ3v) is 4.86. The largest absolute Gasteiger partial charge is 0.469 e. The summed E-state index contributed by atoms with van der Waals surface area (Å²) in [5.41, 5.74) is 0.0650. The average Bonchev–Trinajstić information content (AvgIpc) is 2.81. The second kappa shape index (κ2) is 7.14. The molecule has 4 heteroatoms. The van der Waals surface area contributed by atoms with Crippen molar-refractivity contribution in [1.29, 1.82) is 0 Å². The van der Waals surface area contributed by atoms with E-state index in [1.54, 1.807) is 0 Å². The highest BCUT2D eigenvalue weighted by molar-refractivity contribution is 5.69. The maximum Gasteiger partial charge on any atom is 0.305 e. The van der Waals surface area contributed by atoms with Crippen LogP contribution in [0.25, 0.3) is 0 Å². The zero-order valence-electron chi connectivity index (χ0n) is 14.4. The van der Waals surface area contributed by atoms with E-state index in [0.717, 1.165) is 25.7 Å². The molecule has 0 amide bonds. The first kappa shape index (κ1) is 17.5. The van der Waals surface area contributed by atoms with E-state index in [1.807, 2.05) is 0 Å². The summed E-state index contributed by atoms with van der Waals surface area (Å²) in [5.74, 6) is -0.143. The Balaban J connectivity index is 2.11. The summed E-state index contributed by atoms with van der Waals surface area (Å²) in [6.45, 7) is 7.88. The lowest BCUT2D eigenvalue weighted by molar-refractivity contribution is -0.316. The van der Waals surface area contributed by atoms with E-state index in [0.29, 0.717) is 19.6 Å². The molecule has 126 valence electrons. The molecule has 0 radical (unpaired) electrons. The van der Waals surface area contributed by atoms with Gasteiger partial charge >= 0.3 is 5.97 Å². The summed E-state index contributed by atoms with van der Waals surface area (Å²) in [4.78, 5) is 11.7. The van der Waals surface area contributed by atoms with Crippen LogP contribution in [0.4, 0.5) is 0 Å². The Bertz CT molecular complexity index is 403. The third-order valence-electron chi connectivity index (χ3n) is 4.86. The molecule has 1 saturated heterocycles. The number of allylic oxidation sites excluding steroid dienone is 2. The van der Waals surface area contributed by atoms with Crippen molar-refractivity contribution in [3.8, 4) is 0 Å². The summed E-state index contributed by atoms with van der Waals surface area (Å²) in [6, 6.07) is 0. The van der Waals surface area contributed by atoms with Gasteiger partial charge in [-0.2, -0.15) is 0 Å². The van der Waals surface area contributed by atoms with Crippen molar-refractivity contribution < 1.29 is 19.0 Å². The topological polar surface area (TPSA) is 44.8 Å². The number of hydrogen-bond donors (Lipinski definition) is 0. The van der Waals surface area contributed by atoms with Gasteiger partial charge in [0.1, 0.15) is 0 Å². The van der Waals surface area contributed by atoms with Crippen LogP contribution in [-0.2, 0) is 19.0 Å². The van der Waals surface area contributed by atoms with E-state index in [-0.39, 0.29) is 23.2 Å². The molecule has 1 aliphatic carbocycles. The van der Waals surface area contributed by atoms with Crippen LogP contribution in [0.1, 0.15) is 52.9 Å². The first-order valence-corrected chi connectivity index (χ1v) is 8.42. The van der Waals surface area contributed by atoms with Crippen molar-refractivity contribution in [3.63, 3.8) is 0 Å². The molecule has 0 bridgehead atoms. The Morgan fingerprint density at radius 1 is 1.27 bits per heavy atom. The van der Waals surface area contributed by atoms with Crippen LogP contribution in [0.3, 0.4) is 0 Å². The molecule has 0 N–H and O–H groups in total. The van der Waals surface area contributed by atoms with Gasteiger partial charge in [0.25, 0.3) is 0 Å². The van der Waals surface area contributed by atoms with Gasteiger partial charge in [-0.05, 0) is 25.2 Å². The van der Waals surface area contributed by atoms with Crippen molar-refractivity contribution >= 4 is 5.97 Å². The fourth-order valence-electron chi connectivity index (χ4n) is 3.53. The van der Waals surface area contributed by atoms with Crippen LogP contribution in [-0.4, -0.2) is 32.1 Å². The van der Waals surface area contributed by atoms with Gasteiger partial charge in [-0.25, -0.2) is 0 Å². The standard InChI is InChI=1S/C18H30O4/c1-5-6-7-8-15-14(11-16(19)20-4)9-10-18(15)21-12-17(2,3)13-22-18/h6-7,14-15H,5,8-13H2,1-4H3. The number of rotatable bonds is 5. The summed E-state index contributed by atoms with van der Waals surface area (Å²) < 4.78 is 17.3. The number of carbonyl (C=O) groups is 1. The summed E-state index contributed by atoms with van der Waals surface area (Å²) in [5, 5.41) is 0. The first-order chi connectivity index (χ1) is 10.4. The van der Waals surface area contributed by atoms with Crippen molar-refractivity contribution in [2.75, 3.05) is 20.3 Å². The molecule has 1 aliphatic heterocycles. The van der Waals surface area contributed by atoms with E-state index in [9.17, 15) is 4.79 Å². The highest BCUT2D eigenvalue weighted by Crippen LogP contribution is 2.50. The quantitative estimate of drug-likeness (QED) is 0.574. The molecule has 0 aromatic carbocycles.